The van der Waals surface area contributed by atoms with Crippen molar-refractivity contribution in [2.45, 2.75) is 33.8 Å². The molecule has 0 spiro atoms. The summed E-state index contributed by atoms with van der Waals surface area (Å²) in [6.45, 7) is 5.53. The summed E-state index contributed by atoms with van der Waals surface area (Å²) in [5, 5.41) is 3.16. The molecule has 0 saturated carbocycles. The smallest absolute Gasteiger partial charge is 0.310 e. The first-order valence-corrected chi connectivity index (χ1v) is 11.3. The molecule has 1 amide bonds. The van der Waals surface area contributed by atoms with E-state index < -0.39 is 0 Å². The minimum Gasteiger partial charge on any atom is -0.495 e. The molecule has 0 atom stereocenters. The van der Waals surface area contributed by atoms with Crippen molar-refractivity contribution >= 4 is 45.0 Å². The molecule has 0 unspecified atom stereocenters. The summed E-state index contributed by atoms with van der Waals surface area (Å²) in [5.41, 5.74) is 4.98. The molecule has 7 nitrogen and oxygen atoms in total. The Balaban J connectivity index is 1.45. The second-order valence-corrected chi connectivity index (χ2v) is 8.52. The van der Waals surface area contributed by atoms with E-state index in [0.29, 0.717) is 22.3 Å². The zero-order chi connectivity index (χ0) is 23.5. The largest absolute Gasteiger partial charge is 0.495 e. The Bertz CT molecular complexity index is 1320. The monoisotopic (exact) mass is 464 g/mol. The van der Waals surface area contributed by atoms with Gasteiger partial charge in [0.2, 0.25) is 5.91 Å². The van der Waals surface area contributed by atoms with Gasteiger partial charge in [0.1, 0.15) is 17.9 Å². The molecule has 4 aromatic rings. The summed E-state index contributed by atoms with van der Waals surface area (Å²) in [4.78, 5) is 30.8. The summed E-state index contributed by atoms with van der Waals surface area (Å²) >= 11 is 1.29. The molecule has 0 aliphatic carbocycles. The molecular weight excluding hydrogens is 440 g/mol. The first kappa shape index (κ1) is 22.5. The number of thiazole rings is 1. The average Bonchev–Trinajstić information content (AvgIpc) is 3.40. The zero-order valence-corrected chi connectivity index (χ0v) is 19.7. The number of nitrogens with zero attached hydrogens (tertiary/aromatic N) is 2. The number of para-hydroxylation sites is 2. The minimum absolute atomic E-state index is 0.0148. The van der Waals surface area contributed by atoms with Crippen molar-refractivity contribution in [3.63, 3.8) is 0 Å². The first-order valence-electron chi connectivity index (χ1n) is 10.4. The van der Waals surface area contributed by atoms with Crippen molar-refractivity contribution in [2.75, 3.05) is 12.0 Å². The molecule has 4 rings (SSSR count). The van der Waals surface area contributed by atoms with Crippen molar-refractivity contribution in [3.05, 3.63) is 70.4 Å². The number of benzene rings is 2. The third kappa shape index (κ3) is 4.75. The van der Waals surface area contributed by atoms with Crippen LogP contribution in [0.3, 0.4) is 0 Å². The van der Waals surface area contributed by atoms with Gasteiger partial charge in [0.25, 0.3) is 0 Å². The average molecular weight is 465 g/mol. The maximum absolute atomic E-state index is 12.5. The fourth-order valence-corrected chi connectivity index (χ4v) is 4.39. The van der Waals surface area contributed by atoms with Crippen LogP contribution in [0.25, 0.3) is 11.0 Å². The van der Waals surface area contributed by atoms with E-state index in [1.165, 1.54) is 23.2 Å². The van der Waals surface area contributed by atoms with Gasteiger partial charge < -0.3 is 13.9 Å². The SMILES string of the molecule is COc1ccccc1N(C(C)=O)c1nc(COC(=O)Cc2coc3cc(C)c(C)cc23)cs1. The highest BCUT2D eigenvalue weighted by atomic mass is 32.1. The number of methoxy groups -OCH3 is 1. The van der Waals surface area contributed by atoms with E-state index in [2.05, 4.69) is 4.98 Å². The van der Waals surface area contributed by atoms with Crippen molar-refractivity contribution < 1.29 is 23.5 Å². The lowest BCUT2D eigenvalue weighted by Crippen LogP contribution is -2.23. The van der Waals surface area contributed by atoms with Crippen LogP contribution >= 0.6 is 11.3 Å². The number of esters is 1. The second kappa shape index (κ2) is 9.46. The number of anilines is 2. The van der Waals surface area contributed by atoms with E-state index in [4.69, 9.17) is 13.9 Å². The standard InChI is InChI=1S/C25H24N2O5S/c1-15-9-20-18(12-31-23(20)10-16(15)2)11-24(29)32-13-19-14-33-25(26-19)27(17(3)28)21-7-5-6-8-22(21)30-4/h5-10,12,14H,11,13H2,1-4H3. The van der Waals surface area contributed by atoms with Gasteiger partial charge in [-0.1, -0.05) is 12.1 Å². The van der Waals surface area contributed by atoms with Crippen LogP contribution in [0.2, 0.25) is 0 Å². The van der Waals surface area contributed by atoms with Gasteiger partial charge in [-0.25, -0.2) is 4.98 Å². The number of amides is 1. The number of rotatable bonds is 7. The number of hydrogen-bond donors (Lipinski definition) is 0. The summed E-state index contributed by atoms with van der Waals surface area (Å²) in [7, 11) is 1.55. The van der Waals surface area contributed by atoms with E-state index in [9.17, 15) is 9.59 Å². The van der Waals surface area contributed by atoms with Crippen molar-refractivity contribution in [3.8, 4) is 5.75 Å². The van der Waals surface area contributed by atoms with E-state index in [1.54, 1.807) is 30.9 Å². The quantitative estimate of drug-likeness (QED) is 0.337. The molecule has 2 aromatic carbocycles. The molecule has 0 fully saturated rings. The highest BCUT2D eigenvalue weighted by Gasteiger charge is 2.21. The van der Waals surface area contributed by atoms with Crippen molar-refractivity contribution in [1.82, 2.24) is 4.98 Å². The van der Waals surface area contributed by atoms with Gasteiger partial charge in [0.15, 0.2) is 5.13 Å². The predicted molar refractivity (Wildman–Crippen MR) is 127 cm³/mol. The van der Waals surface area contributed by atoms with Crippen LogP contribution in [-0.4, -0.2) is 24.0 Å². The van der Waals surface area contributed by atoms with Crippen LogP contribution in [0, 0.1) is 13.8 Å². The Morgan fingerprint density at radius 1 is 1.15 bits per heavy atom. The van der Waals surface area contributed by atoms with Crippen LogP contribution in [-0.2, 0) is 27.4 Å². The molecule has 2 aromatic heterocycles. The Kier molecular flexibility index (Phi) is 6.46. The predicted octanol–water partition coefficient (Wildman–Crippen LogP) is 5.49. The van der Waals surface area contributed by atoms with Crippen LogP contribution < -0.4 is 9.64 Å². The first-order chi connectivity index (χ1) is 15.9. The molecule has 2 heterocycles. The minimum atomic E-state index is -0.376. The molecule has 0 radical (unpaired) electrons. The van der Waals surface area contributed by atoms with E-state index in [0.717, 1.165) is 27.7 Å². The van der Waals surface area contributed by atoms with E-state index in [1.807, 2.05) is 38.1 Å². The number of carbonyl (C=O) groups excluding carboxylic acids is 2. The van der Waals surface area contributed by atoms with Crippen molar-refractivity contribution in [1.29, 1.82) is 0 Å². The summed E-state index contributed by atoms with van der Waals surface area (Å²) in [6.07, 6.45) is 1.71. The van der Waals surface area contributed by atoms with Crippen molar-refractivity contribution in [2.24, 2.45) is 0 Å². The maximum Gasteiger partial charge on any atom is 0.310 e. The zero-order valence-electron chi connectivity index (χ0n) is 18.9. The lowest BCUT2D eigenvalue weighted by molar-refractivity contribution is -0.144. The number of fused-ring (bicyclic) bond motifs is 1. The molecule has 0 saturated heterocycles. The Morgan fingerprint density at radius 3 is 2.67 bits per heavy atom. The number of furan rings is 1. The number of carbonyl (C=O) groups is 2. The van der Waals surface area contributed by atoms with Gasteiger partial charge in [-0.2, -0.15) is 0 Å². The normalized spacial score (nSPS) is 10.9. The molecule has 0 aliphatic rings. The number of aryl methyl sites for hydroxylation is 2. The number of hydrogen-bond acceptors (Lipinski definition) is 7. The van der Waals surface area contributed by atoms with Gasteiger partial charge >= 0.3 is 5.97 Å². The Hall–Kier alpha value is -3.65. The van der Waals surface area contributed by atoms with Crippen LogP contribution in [0.15, 0.2) is 52.5 Å². The van der Waals surface area contributed by atoms with E-state index >= 15 is 0 Å². The van der Waals surface area contributed by atoms with Crippen LogP contribution in [0.4, 0.5) is 10.8 Å². The molecule has 33 heavy (non-hydrogen) atoms. The third-order valence-corrected chi connectivity index (χ3v) is 6.23. The maximum atomic E-state index is 12.5. The van der Waals surface area contributed by atoms with Crippen LogP contribution in [0.1, 0.15) is 29.3 Å². The summed E-state index contributed by atoms with van der Waals surface area (Å²) < 4.78 is 16.4. The molecule has 170 valence electrons. The van der Waals surface area contributed by atoms with Gasteiger partial charge in [-0.05, 0) is 49.2 Å². The van der Waals surface area contributed by atoms with Gasteiger partial charge in [-0.15, -0.1) is 11.3 Å². The molecule has 8 heteroatoms. The molecular formula is C25H24N2O5S. The lowest BCUT2D eigenvalue weighted by Gasteiger charge is -2.20. The summed E-state index contributed by atoms with van der Waals surface area (Å²) in [6, 6.07) is 11.2. The lowest BCUT2D eigenvalue weighted by atomic mass is 10.0. The molecule has 0 bridgehead atoms. The van der Waals surface area contributed by atoms with Gasteiger partial charge in [0, 0.05) is 23.3 Å². The number of aromatic nitrogens is 1. The van der Waals surface area contributed by atoms with Crippen LogP contribution in [0.5, 0.6) is 5.75 Å². The van der Waals surface area contributed by atoms with E-state index in [-0.39, 0.29) is 24.9 Å². The third-order valence-electron chi connectivity index (χ3n) is 5.36. The topological polar surface area (TPSA) is 81.9 Å². The highest BCUT2D eigenvalue weighted by Crippen LogP contribution is 2.35. The van der Waals surface area contributed by atoms with Gasteiger partial charge in [-0.3, -0.25) is 14.5 Å². The molecule has 0 aliphatic heterocycles. The highest BCUT2D eigenvalue weighted by molar-refractivity contribution is 7.14. The fraction of sp³-hybridized carbons (Fsp3) is 0.240. The van der Waals surface area contributed by atoms with Gasteiger partial charge in [0.05, 0.1) is 31.2 Å². The Labute approximate surface area is 195 Å². The Morgan fingerprint density at radius 2 is 1.91 bits per heavy atom. The second-order valence-electron chi connectivity index (χ2n) is 7.68. The fourth-order valence-electron chi connectivity index (χ4n) is 3.52. The summed E-state index contributed by atoms with van der Waals surface area (Å²) in [5.74, 6) is -0.0120. The molecule has 0 N–H and O–H groups in total. The number of ether oxygens (including phenoxy) is 2.